The van der Waals surface area contributed by atoms with E-state index in [-0.39, 0.29) is 11.8 Å². The van der Waals surface area contributed by atoms with Crippen LogP contribution in [0.1, 0.15) is 11.1 Å². The number of amides is 2. The van der Waals surface area contributed by atoms with Crippen molar-refractivity contribution in [1.29, 1.82) is 0 Å². The molecule has 2 aromatic rings. The molecule has 0 radical (unpaired) electrons. The lowest BCUT2D eigenvalue weighted by Crippen LogP contribution is -2.31. The number of hydrogen-bond donors (Lipinski definition) is 0. The van der Waals surface area contributed by atoms with Crippen molar-refractivity contribution in [2.75, 3.05) is 6.54 Å². The molecule has 0 saturated carbocycles. The largest absolute Gasteiger partial charge is 0.275 e. The summed E-state index contributed by atoms with van der Waals surface area (Å²) < 4.78 is 0. The van der Waals surface area contributed by atoms with Crippen molar-refractivity contribution in [3.8, 4) is 11.4 Å². The van der Waals surface area contributed by atoms with Gasteiger partial charge in [0.2, 0.25) is 0 Å². The molecule has 2 amide bonds. The van der Waals surface area contributed by atoms with Crippen molar-refractivity contribution in [3.63, 3.8) is 0 Å². The molecule has 3 heterocycles. The molecule has 0 N–H and O–H groups in total. The maximum absolute atomic E-state index is 11.5. The van der Waals surface area contributed by atoms with Gasteiger partial charge in [-0.25, -0.2) is 0 Å². The van der Waals surface area contributed by atoms with E-state index in [1.807, 2.05) is 31.2 Å². The van der Waals surface area contributed by atoms with Crippen LogP contribution in [-0.4, -0.2) is 33.2 Å². The summed E-state index contributed by atoms with van der Waals surface area (Å²) in [4.78, 5) is 33.0. The number of carbonyl (C=O) groups excluding carboxylic acids is 2. The zero-order valence-corrected chi connectivity index (χ0v) is 12.2. The smallest absolute Gasteiger partial charge is 0.253 e. The molecule has 0 aromatic carbocycles. The van der Waals surface area contributed by atoms with Gasteiger partial charge in [-0.05, 0) is 48.7 Å². The highest BCUT2D eigenvalue weighted by molar-refractivity contribution is 6.12. The van der Waals surface area contributed by atoms with Crippen LogP contribution >= 0.6 is 0 Å². The van der Waals surface area contributed by atoms with Gasteiger partial charge in [0.25, 0.3) is 11.8 Å². The van der Waals surface area contributed by atoms with Crippen LogP contribution in [0.4, 0.5) is 0 Å². The third-order valence-corrected chi connectivity index (χ3v) is 3.53. The minimum absolute atomic E-state index is 0.250. The van der Waals surface area contributed by atoms with Crippen molar-refractivity contribution in [2.24, 2.45) is 0 Å². The van der Waals surface area contributed by atoms with E-state index in [4.69, 9.17) is 0 Å². The fraction of sp³-hybridized carbons (Fsp3) is 0.176. The first kappa shape index (κ1) is 14.1. The van der Waals surface area contributed by atoms with Gasteiger partial charge in [-0.1, -0.05) is 0 Å². The Morgan fingerprint density at radius 3 is 2.27 bits per heavy atom. The number of rotatable bonds is 4. The Kier molecular flexibility index (Phi) is 3.78. The molecule has 0 unspecified atom stereocenters. The molecule has 1 aliphatic heterocycles. The van der Waals surface area contributed by atoms with Crippen LogP contribution in [0.3, 0.4) is 0 Å². The van der Waals surface area contributed by atoms with Crippen LogP contribution < -0.4 is 0 Å². The monoisotopic (exact) mass is 293 g/mol. The van der Waals surface area contributed by atoms with Crippen LogP contribution in [0, 0.1) is 6.92 Å². The Hall–Kier alpha value is -2.82. The summed E-state index contributed by atoms with van der Waals surface area (Å²) in [6.07, 6.45) is 6.68. The molecule has 5 heteroatoms. The first-order chi connectivity index (χ1) is 10.6. The average molecular weight is 293 g/mol. The predicted molar refractivity (Wildman–Crippen MR) is 81.8 cm³/mol. The van der Waals surface area contributed by atoms with Gasteiger partial charge in [0.05, 0.1) is 11.4 Å². The predicted octanol–water partition coefficient (Wildman–Crippen LogP) is 1.92. The van der Waals surface area contributed by atoms with Crippen LogP contribution in [0.15, 0.2) is 48.8 Å². The third kappa shape index (κ3) is 2.93. The maximum Gasteiger partial charge on any atom is 0.253 e. The first-order valence-corrected chi connectivity index (χ1v) is 7.05. The molecule has 22 heavy (non-hydrogen) atoms. The van der Waals surface area contributed by atoms with Gasteiger partial charge in [0.15, 0.2) is 0 Å². The van der Waals surface area contributed by atoms with Crippen LogP contribution in [0.2, 0.25) is 0 Å². The summed E-state index contributed by atoms with van der Waals surface area (Å²) in [7, 11) is 0. The summed E-state index contributed by atoms with van der Waals surface area (Å²) in [5.74, 6) is -0.501. The van der Waals surface area contributed by atoms with Gasteiger partial charge in [-0.2, -0.15) is 0 Å². The van der Waals surface area contributed by atoms with Gasteiger partial charge >= 0.3 is 0 Å². The van der Waals surface area contributed by atoms with Gasteiger partial charge in [0, 0.05) is 31.1 Å². The molecule has 2 aromatic heterocycles. The lowest BCUT2D eigenvalue weighted by molar-refractivity contribution is -0.136. The van der Waals surface area contributed by atoms with Gasteiger partial charge in [0.1, 0.15) is 0 Å². The topological polar surface area (TPSA) is 63.2 Å². The van der Waals surface area contributed by atoms with E-state index in [1.54, 1.807) is 12.4 Å². The van der Waals surface area contributed by atoms with Crippen molar-refractivity contribution in [2.45, 2.75) is 13.3 Å². The second kappa shape index (κ2) is 5.89. The van der Waals surface area contributed by atoms with E-state index in [0.717, 1.165) is 22.5 Å². The Morgan fingerprint density at radius 1 is 0.955 bits per heavy atom. The van der Waals surface area contributed by atoms with E-state index in [9.17, 15) is 9.59 Å². The Balaban J connectivity index is 1.74. The summed E-state index contributed by atoms with van der Waals surface area (Å²) in [5, 5.41) is 0. The second-order valence-corrected chi connectivity index (χ2v) is 5.18. The van der Waals surface area contributed by atoms with Crippen molar-refractivity contribution >= 4 is 11.8 Å². The van der Waals surface area contributed by atoms with E-state index in [1.165, 1.54) is 17.1 Å². The lowest BCUT2D eigenvalue weighted by Gasteiger charge is -2.13. The normalized spacial score (nSPS) is 14.0. The van der Waals surface area contributed by atoms with E-state index in [2.05, 4.69) is 9.97 Å². The molecular formula is C17H15N3O2. The molecule has 3 rings (SSSR count). The first-order valence-electron chi connectivity index (χ1n) is 7.05. The highest BCUT2D eigenvalue weighted by atomic mass is 16.2. The number of aryl methyl sites for hydroxylation is 1. The molecule has 0 aliphatic carbocycles. The minimum atomic E-state index is -0.250. The summed E-state index contributed by atoms with van der Waals surface area (Å²) in [5.41, 5.74) is 3.74. The molecule has 110 valence electrons. The number of carbonyl (C=O) groups is 2. The van der Waals surface area contributed by atoms with Crippen LogP contribution in [-0.2, 0) is 16.0 Å². The zero-order valence-electron chi connectivity index (χ0n) is 12.2. The highest BCUT2D eigenvalue weighted by Crippen LogP contribution is 2.17. The Labute approximate surface area is 128 Å². The fourth-order valence-corrected chi connectivity index (χ4v) is 2.34. The lowest BCUT2D eigenvalue weighted by atomic mass is 10.1. The van der Waals surface area contributed by atoms with Gasteiger partial charge < -0.3 is 0 Å². The molecule has 0 fully saturated rings. The van der Waals surface area contributed by atoms with Crippen LogP contribution in [0.25, 0.3) is 11.4 Å². The molecule has 0 atom stereocenters. The van der Waals surface area contributed by atoms with Gasteiger partial charge in [-0.15, -0.1) is 0 Å². The maximum atomic E-state index is 11.5. The average Bonchev–Trinajstić information content (AvgIpc) is 2.84. The standard InChI is InChI=1S/C17H15N3O2/c1-12-4-7-18-14(10-12)15-11-13(5-8-19-15)6-9-20-16(21)2-3-17(20)22/h2-5,7-8,10-11H,6,9H2,1H3. The minimum Gasteiger partial charge on any atom is -0.275 e. The second-order valence-electron chi connectivity index (χ2n) is 5.18. The van der Waals surface area contributed by atoms with E-state index >= 15 is 0 Å². The van der Waals surface area contributed by atoms with Crippen LogP contribution in [0.5, 0.6) is 0 Å². The Morgan fingerprint density at radius 2 is 1.59 bits per heavy atom. The zero-order chi connectivity index (χ0) is 15.5. The van der Waals surface area contributed by atoms with E-state index < -0.39 is 0 Å². The summed E-state index contributed by atoms with van der Waals surface area (Å²) in [6, 6.07) is 7.74. The quantitative estimate of drug-likeness (QED) is 0.808. The van der Waals surface area contributed by atoms with E-state index in [0.29, 0.717) is 13.0 Å². The molecular weight excluding hydrogens is 278 g/mol. The molecule has 0 spiro atoms. The fourth-order valence-electron chi connectivity index (χ4n) is 2.34. The molecule has 0 saturated heterocycles. The molecule has 1 aliphatic rings. The summed E-state index contributed by atoms with van der Waals surface area (Å²) >= 11 is 0. The third-order valence-electron chi connectivity index (χ3n) is 3.53. The number of imide groups is 1. The Bertz CT molecular complexity index is 750. The highest BCUT2D eigenvalue weighted by Gasteiger charge is 2.22. The SMILES string of the molecule is Cc1ccnc(-c2cc(CCN3C(=O)C=CC3=O)ccn2)c1. The molecule has 5 nitrogen and oxygen atoms in total. The van der Waals surface area contributed by atoms with Gasteiger partial charge in [-0.3, -0.25) is 24.5 Å². The number of nitrogens with zero attached hydrogens (tertiary/aromatic N) is 3. The molecule has 0 bridgehead atoms. The number of hydrogen-bond acceptors (Lipinski definition) is 4. The number of pyridine rings is 2. The van der Waals surface area contributed by atoms with Crippen molar-refractivity contribution < 1.29 is 9.59 Å². The van der Waals surface area contributed by atoms with Crippen molar-refractivity contribution in [1.82, 2.24) is 14.9 Å². The number of aromatic nitrogens is 2. The van der Waals surface area contributed by atoms with Crippen molar-refractivity contribution in [3.05, 3.63) is 59.9 Å². The summed E-state index contributed by atoms with van der Waals surface area (Å²) in [6.45, 7) is 2.38.